The van der Waals surface area contributed by atoms with Crippen molar-refractivity contribution in [3.63, 3.8) is 0 Å². The topological polar surface area (TPSA) is 12.0 Å². The van der Waals surface area contributed by atoms with Crippen molar-refractivity contribution in [1.82, 2.24) is 0 Å². The van der Waals surface area contributed by atoms with E-state index in [0.717, 1.165) is 9.50 Å². The molecule has 0 radical (unpaired) electrons. The van der Waals surface area contributed by atoms with E-state index in [1.807, 2.05) is 12.1 Å². The van der Waals surface area contributed by atoms with Crippen LogP contribution in [0, 0.1) is 6.92 Å². The van der Waals surface area contributed by atoms with Crippen LogP contribution in [0.1, 0.15) is 29.9 Å². The Morgan fingerprint density at radius 3 is 2.65 bits per heavy atom. The van der Waals surface area contributed by atoms with Crippen LogP contribution in [0.15, 0.2) is 46.9 Å². The van der Waals surface area contributed by atoms with Gasteiger partial charge in [0, 0.05) is 21.2 Å². The third-order valence-electron chi connectivity index (χ3n) is 3.99. The summed E-state index contributed by atoms with van der Waals surface area (Å²) in [4.78, 5) is 0. The molecule has 20 heavy (non-hydrogen) atoms. The van der Waals surface area contributed by atoms with Crippen LogP contribution in [-0.2, 0) is 0 Å². The first-order valence-corrected chi connectivity index (χ1v) is 8.07. The van der Waals surface area contributed by atoms with Gasteiger partial charge < -0.3 is 5.32 Å². The lowest BCUT2D eigenvalue weighted by Crippen LogP contribution is -2.34. The van der Waals surface area contributed by atoms with E-state index in [4.69, 9.17) is 11.6 Å². The first-order chi connectivity index (χ1) is 9.61. The molecule has 104 valence electrons. The number of rotatable bonds is 3. The van der Waals surface area contributed by atoms with Gasteiger partial charge in [0.1, 0.15) is 0 Å². The molecule has 3 heteroatoms. The van der Waals surface area contributed by atoms with Gasteiger partial charge in [0.05, 0.1) is 0 Å². The molecular formula is C17H17BrClN. The van der Waals surface area contributed by atoms with E-state index in [1.165, 1.54) is 29.7 Å². The van der Waals surface area contributed by atoms with E-state index >= 15 is 0 Å². The summed E-state index contributed by atoms with van der Waals surface area (Å²) in [6.07, 6.45) is 2.35. The fraction of sp³-hybridized carbons (Fsp3) is 0.294. The van der Waals surface area contributed by atoms with Crippen molar-refractivity contribution >= 4 is 33.2 Å². The number of halogens is 2. The summed E-state index contributed by atoms with van der Waals surface area (Å²) in [7, 11) is 0. The van der Waals surface area contributed by atoms with Gasteiger partial charge in [-0.15, -0.1) is 0 Å². The quantitative estimate of drug-likeness (QED) is 0.741. The highest BCUT2D eigenvalue weighted by Gasteiger charge is 2.30. The Bertz CT molecular complexity index is 620. The molecule has 0 unspecified atom stereocenters. The Balaban J connectivity index is 1.59. The van der Waals surface area contributed by atoms with Crippen LogP contribution in [0.25, 0.3) is 0 Å². The van der Waals surface area contributed by atoms with Crippen molar-refractivity contribution in [3.05, 3.63) is 63.1 Å². The van der Waals surface area contributed by atoms with Crippen LogP contribution in [-0.4, -0.2) is 6.04 Å². The van der Waals surface area contributed by atoms with Crippen LogP contribution in [0.3, 0.4) is 0 Å². The highest BCUT2D eigenvalue weighted by molar-refractivity contribution is 9.10. The molecule has 2 aromatic rings. The normalized spacial score (nSPS) is 21.4. The van der Waals surface area contributed by atoms with Crippen LogP contribution < -0.4 is 5.32 Å². The van der Waals surface area contributed by atoms with E-state index in [0.29, 0.717) is 12.0 Å². The lowest BCUT2D eigenvalue weighted by atomic mass is 9.76. The molecule has 0 aliphatic heterocycles. The molecule has 3 rings (SSSR count). The molecule has 1 fully saturated rings. The number of hydrogen-bond donors (Lipinski definition) is 1. The van der Waals surface area contributed by atoms with Crippen molar-refractivity contribution in [1.29, 1.82) is 0 Å². The van der Waals surface area contributed by atoms with Gasteiger partial charge in [-0.3, -0.25) is 0 Å². The summed E-state index contributed by atoms with van der Waals surface area (Å²) >= 11 is 9.58. The highest BCUT2D eigenvalue weighted by atomic mass is 79.9. The summed E-state index contributed by atoms with van der Waals surface area (Å²) in [5.41, 5.74) is 3.84. The molecule has 1 aliphatic rings. The number of benzene rings is 2. The Morgan fingerprint density at radius 1 is 1.15 bits per heavy atom. The molecule has 0 atom stereocenters. The average molecular weight is 351 g/mol. The van der Waals surface area contributed by atoms with E-state index in [1.54, 1.807) is 0 Å². The summed E-state index contributed by atoms with van der Waals surface area (Å²) in [6.45, 7) is 2.12. The third kappa shape index (κ3) is 3.02. The van der Waals surface area contributed by atoms with Gasteiger partial charge >= 0.3 is 0 Å². The van der Waals surface area contributed by atoms with E-state index < -0.39 is 0 Å². The predicted octanol–water partition coefficient (Wildman–Crippen LogP) is 5.77. The minimum Gasteiger partial charge on any atom is -0.382 e. The van der Waals surface area contributed by atoms with Crippen molar-refractivity contribution in [2.24, 2.45) is 0 Å². The molecule has 1 nitrogen and oxygen atoms in total. The monoisotopic (exact) mass is 349 g/mol. The van der Waals surface area contributed by atoms with Crippen molar-refractivity contribution in [3.8, 4) is 0 Å². The first kappa shape index (κ1) is 14.0. The van der Waals surface area contributed by atoms with Crippen molar-refractivity contribution in [2.45, 2.75) is 31.7 Å². The molecule has 0 heterocycles. The fourth-order valence-electron chi connectivity index (χ4n) is 2.74. The van der Waals surface area contributed by atoms with Crippen LogP contribution in [0.5, 0.6) is 0 Å². The average Bonchev–Trinajstić information content (AvgIpc) is 2.37. The zero-order valence-corrected chi connectivity index (χ0v) is 13.7. The molecule has 0 aromatic heterocycles. The molecule has 0 bridgehead atoms. The number of hydrogen-bond acceptors (Lipinski definition) is 1. The van der Waals surface area contributed by atoms with Crippen LogP contribution in [0.4, 0.5) is 5.69 Å². The number of anilines is 1. The third-order valence-corrected chi connectivity index (χ3v) is 5.11. The maximum atomic E-state index is 6.05. The van der Waals surface area contributed by atoms with E-state index in [9.17, 15) is 0 Å². The lowest BCUT2D eigenvalue weighted by Gasteiger charge is -2.37. The Hall–Kier alpha value is -0.990. The van der Waals surface area contributed by atoms with E-state index in [2.05, 4.69) is 58.5 Å². The van der Waals surface area contributed by atoms with Gasteiger partial charge in [-0.25, -0.2) is 0 Å². The van der Waals surface area contributed by atoms with Gasteiger partial charge in [-0.05, 0) is 67.1 Å². The van der Waals surface area contributed by atoms with Crippen LogP contribution in [0.2, 0.25) is 5.02 Å². The highest BCUT2D eigenvalue weighted by Crippen LogP contribution is 2.39. The molecule has 1 saturated carbocycles. The largest absolute Gasteiger partial charge is 0.382 e. The summed E-state index contributed by atoms with van der Waals surface area (Å²) in [5.74, 6) is 0.641. The standard InChI is InChI=1S/C17H17BrClN/c1-11-7-15(5-6-17(11)18)20-16-9-13(10-16)12-3-2-4-14(19)8-12/h2-8,13,16,20H,9-10H2,1H3. The molecule has 1 aliphatic carbocycles. The lowest BCUT2D eigenvalue weighted by molar-refractivity contribution is 0.374. The Morgan fingerprint density at radius 2 is 1.95 bits per heavy atom. The maximum Gasteiger partial charge on any atom is 0.0408 e. The van der Waals surface area contributed by atoms with Crippen LogP contribution >= 0.6 is 27.5 Å². The minimum absolute atomic E-state index is 0.569. The number of nitrogens with one attached hydrogen (secondary N) is 1. The molecular weight excluding hydrogens is 334 g/mol. The van der Waals surface area contributed by atoms with Crippen molar-refractivity contribution in [2.75, 3.05) is 5.32 Å². The number of aryl methyl sites for hydroxylation is 1. The maximum absolute atomic E-state index is 6.05. The second kappa shape index (κ2) is 5.79. The Kier molecular flexibility index (Phi) is 4.04. The van der Waals surface area contributed by atoms with Gasteiger partial charge in [0.2, 0.25) is 0 Å². The fourth-order valence-corrected chi connectivity index (χ4v) is 3.18. The van der Waals surface area contributed by atoms with Gasteiger partial charge in [-0.1, -0.05) is 39.7 Å². The minimum atomic E-state index is 0.569. The molecule has 0 spiro atoms. The first-order valence-electron chi connectivity index (χ1n) is 6.90. The zero-order chi connectivity index (χ0) is 14.1. The van der Waals surface area contributed by atoms with Gasteiger partial charge in [0.15, 0.2) is 0 Å². The summed E-state index contributed by atoms with van der Waals surface area (Å²) < 4.78 is 1.16. The molecule has 2 aromatic carbocycles. The molecule has 0 saturated heterocycles. The van der Waals surface area contributed by atoms with Crippen molar-refractivity contribution < 1.29 is 0 Å². The SMILES string of the molecule is Cc1cc(NC2CC(c3cccc(Cl)c3)C2)ccc1Br. The second-order valence-electron chi connectivity index (χ2n) is 5.53. The summed E-state index contributed by atoms with van der Waals surface area (Å²) in [6, 6.07) is 15.2. The Labute approximate surface area is 133 Å². The molecule has 1 N–H and O–H groups in total. The zero-order valence-electron chi connectivity index (χ0n) is 11.4. The summed E-state index contributed by atoms with van der Waals surface area (Å²) in [5, 5.41) is 4.44. The van der Waals surface area contributed by atoms with E-state index in [-0.39, 0.29) is 0 Å². The smallest absolute Gasteiger partial charge is 0.0408 e. The second-order valence-corrected chi connectivity index (χ2v) is 6.82. The van der Waals surface area contributed by atoms with Gasteiger partial charge in [-0.2, -0.15) is 0 Å². The molecule has 0 amide bonds. The van der Waals surface area contributed by atoms with Gasteiger partial charge in [0.25, 0.3) is 0 Å². The predicted molar refractivity (Wildman–Crippen MR) is 89.7 cm³/mol.